The van der Waals surface area contributed by atoms with Crippen LogP contribution in [0, 0.1) is 0 Å². The van der Waals surface area contributed by atoms with Gasteiger partial charge < -0.3 is 14.6 Å². The van der Waals surface area contributed by atoms with Gasteiger partial charge in [-0.05, 0) is 49.1 Å². The molecular formula is C23H23NO4. The smallest absolute Gasteiger partial charge is 0.335 e. The molecule has 5 heteroatoms. The fourth-order valence-electron chi connectivity index (χ4n) is 3.54. The van der Waals surface area contributed by atoms with Crippen molar-refractivity contribution < 1.29 is 19.4 Å². The second kappa shape index (κ2) is 8.40. The highest BCUT2D eigenvalue weighted by molar-refractivity contribution is 5.88. The van der Waals surface area contributed by atoms with Crippen LogP contribution >= 0.6 is 0 Å². The molecule has 1 fully saturated rings. The van der Waals surface area contributed by atoms with E-state index in [4.69, 9.17) is 9.47 Å². The number of aromatic carboxylic acids is 1. The van der Waals surface area contributed by atoms with E-state index in [1.807, 2.05) is 42.5 Å². The first-order chi connectivity index (χ1) is 13.7. The number of pyridine rings is 1. The summed E-state index contributed by atoms with van der Waals surface area (Å²) in [5.41, 5.74) is 2.91. The van der Waals surface area contributed by atoms with Crippen molar-refractivity contribution in [2.24, 2.45) is 0 Å². The maximum absolute atomic E-state index is 11.4. The van der Waals surface area contributed by atoms with Gasteiger partial charge in [0.25, 0.3) is 0 Å². The Morgan fingerprint density at radius 1 is 1.14 bits per heavy atom. The molecule has 0 spiro atoms. The van der Waals surface area contributed by atoms with Gasteiger partial charge in [0.05, 0.1) is 22.9 Å². The SMILES string of the molecule is O=C(O)c1ccc(CC2CCCCO2)c(OCc2ccc3ccccc3n2)c1. The summed E-state index contributed by atoms with van der Waals surface area (Å²) >= 11 is 0. The first-order valence-electron chi connectivity index (χ1n) is 9.64. The molecule has 0 bridgehead atoms. The first-order valence-corrected chi connectivity index (χ1v) is 9.64. The zero-order valence-corrected chi connectivity index (χ0v) is 15.6. The van der Waals surface area contributed by atoms with Crippen molar-refractivity contribution in [3.63, 3.8) is 0 Å². The van der Waals surface area contributed by atoms with E-state index in [1.165, 1.54) is 0 Å². The van der Waals surface area contributed by atoms with Gasteiger partial charge >= 0.3 is 5.97 Å². The number of aromatic nitrogens is 1. The monoisotopic (exact) mass is 377 g/mol. The molecule has 3 aromatic rings. The van der Waals surface area contributed by atoms with Gasteiger partial charge in [-0.25, -0.2) is 9.78 Å². The van der Waals surface area contributed by atoms with Gasteiger partial charge in [0, 0.05) is 18.4 Å². The lowest BCUT2D eigenvalue weighted by Gasteiger charge is -2.23. The van der Waals surface area contributed by atoms with E-state index in [0.717, 1.165) is 54.5 Å². The molecule has 1 saturated heterocycles. The molecular weight excluding hydrogens is 354 g/mol. The number of benzene rings is 2. The number of hydrogen-bond acceptors (Lipinski definition) is 4. The van der Waals surface area contributed by atoms with Gasteiger partial charge in [0.15, 0.2) is 0 Å². The molecule has 1 aromatic heterocycles. The molecule has 144 valence electrons. The van der Waals surface area contributed by atoms with Crippen LogP contribution in [0.3, 0.4) is 0 Å². The average Bonchev–Trinajstić information content (AvgIpc) is 2.73. The molecule has 0 amide bonds. The highest BCUT2D eigenvalue weighted by Gasteiger charge is 2.18. The molecule has 2 aromatic carbocycles. The van der Waals surface area contributed by atoms with Crippen molar-refractivity contribution >= 4 is 16.9 Å². The summed E-state index contributed by atoms with van der Waals surface area (Å²) in [6.45, 7) is 1.07. The highest BCUT2D eigenvalue weighted by atomic mass is 16.5. The van der Waals surface area contributed by atoms with E-state index < -0.39 is 5.97 Å². The van der Waals surface area contributed by atoms with Gasteiger partial charge in [-0.1, -0.05) is 30.3 Å². The van der Waals surface area contributed by atoms with Crippen LogP contribution in [0.25, 0.3) is 10.9 Å². The summed E-state index contributed by atoms with van der Waals surface area (Å²) in [5.74, 6) is -0.377. The summed E-state index contributed by atoms with van der Waals surface area (Å²) in [5, 5.41) is 10.4. The number of nitrogens with zero attached hydrogens (tertiary/aromatic N) is 1. The molecule has 2 heterocycles. The average molecular weight is 377 g/mol. The van der Waals surface area contributed by atoms with E-state index in [1.54, 1.807) is 12.1 Å². The third kappa shape index (κ3) is 4.31. The number of carboxylic acids is 1. The van der Waals surface area contributed by atoms with E-state index in [2.05, 4.69) is 4.98 Å². The molecule has 1 atom stereocenters. The van der Waals surface area contributed by atoms with Crippen LogP contribution in [-0.4, -0.2) is 28.8 Å². The largest absolute Gasteiger partial charge is 0.487 e. The van der Waals surface area contributed by atoms with Gasteiger partial charge in [-0.2, -0.15) is 0 Å². The molecule has 1 unspecified atom stereocenters. The Balaban J connectivity index is 1.54. The van der Waals surface area contributed by atoms with E-state index in [-0.39, 0.29) is 18.3 Å². The zero-order valence-electron chi connectivity index (χ0n) is 15.6. The van der Waals surface area contributed by atoms with Gasteiger partial charge in [0.1, 0.15) is 12.4 Å². The summed E-state index contributed by atoms with van der Waals surface area (Å²) in [4.78, 5) is 16.0. The molecule has 0 aliphatic carbocycles. The van der Waals surface area contributed by atoms with Crippen LogP contribution in [0.2, 0.25) is 0 Å². The zero-order chi connectivity index (χ0) is 19.3. The normalized spacial score (nSPS) is 16.8. The second-order valence-electron chi connectivity index (χ2n) is 7.10. The lowest BCUT2D eigenvalue weighted by atomic mass is 9.99. The van der Waals surface area contributed by atoms with Crippen LogP contribution in [0.15, 0.2) is 54.6 Å². The molecule has 4 rings (SSSR count). The van der Waals surface area contributed by atoms with Crippen LogP contribution in [0.1, 0.15) is 40.9 Å². The lowest BCUT2D eigenvalue weighted by Crippen LogP contribution is -2.21. The van der Waals surface area contributed by atoms with Crippen molar-refractivity contribution in [2.45, 2.75) is 38.4 Å². The Morgan fingerprint density at radius 3 is 2.86 bits per heavy atom. The van der Waals surface area contributed by atoms with Crippen molar-refractivity contribution in [1.82, 2.24) is 4.98 Å². The number of para-hydroxylation sites is 1. The minimum atomic E-state index is -0.964. The number of carboxylic acid groups (broad SMARTS) is 1. The third-order valence-corrected chi connectivity index (χ3v) is 5.07. The Morgan fingerprint density at radius 2 is 2.04 bits per heavy atom. The van der Waals surface area contributed by atoms with E-state index >= 15 is 0 Å². The van der Waals surface area contributed by atoms with Crippen molar-refractivity contribution in [3.8, 4) is 5.75 Å². The molecule has 1 aliphatic heterocycles. The number of carbonyl (C=O) groups is 1. The standard InChI is InChI=1S/C23H23NO4/c25-23(26)18-9-8-17(13-20-6-3-4-12-27-20)22(14-18)28-15-19-11-10-16-5-1-2-7-21(16)24-19/h1-2,5,7-11,14,20H,3-4,6,12-13,15H2,(H,25,26). The van der Waals surface area contributed by atoms with Crippen LogP contribution in [0.4, 0.5) is 0 Å². The molecule has 5 nitrogen and oxygen atoms in total. The van der Waals surface area contributed by atoms with Crippen molar-refractivity contribution in [2.75, 3.05) is 6.61 Å². The second-order valence-corrected chi connectivity index (χ2v) is 7.10. The minimum absolute atomic E-state index is 0.158. The maximum Gasteiger partial charge on any atom is 0.335 e. The predicted molar refractivity (Wildman–Crippen MR) is 107 cm³/mol. The lowest BCUT2D eigenvalue weighted by molar-refractivity contribution is 0.0164. The van der Waals surface area contributed by atoms with E-state index in [9.17, 15) is 9.90 Å². The number of hydrogen-bond donors (Lipinski definition) is 1. The number of fused-ring (bicyclic) bond motifs is 1. The summed E-state index contributed by atoms with van der Waals surface area (Å²) in [6.07, 6.45) is 4.17. The fourth-order valence-corrected chi connectivity index (χ4v) is 3.54. The Hall–Kier alpha value is -2.92. The summed E-state index contributed by atoms with van der Waals surface area (Å²) in [7, 11) is 0. The maximum atomic E-state index is 11.4. The topological polar surface area (TPSA) is 68.7 Å². The van der Waals surface area contributed by atoms with Crippen LogP contribution in [0.5, 0.6) is 5.75 Å². The van der Waals surface area contributed by atoms with Crippen molar-refractivity contribution in [3.05, 3.63) is 71.4 Å². The Bertz CT molecular complexity index is 979. The molecule has 1 N–H and O–H groups in total. The number of ether oxygens (including phenoxy) is 2. The molecule has 1 aliphatic rings. The predicted octanol–water partition coefficient (Wildman–Crippen LogP) is 4.62. The molecule has 28 heavy (non-hydrogen) atoms. The Kier molecular flexibility index (Phi) is 5.53. The number of rotatable bonds is 6. The van der Waals surface area contributed by atoms with Gasteiger partial charge in [-0.3, -0.25) is 0 Å². The fraction of sp³-hybridized carbons (Fsp3) is 0.304. The van der Waals surface area contributed by atoms with E-state index in [0.29, 0.717) is 5.75 Å². The Labute approximate surface area is 163 Å². The summed E-state index contributed by atoms with van der Waals surface area (Å²) < 4.78 is 11.9. The van der Waals surface area contributed by atoms with Gasteiger partial charge in [0.2, 0.25) is 0 Å². The first kappa shape index (κ1) is 18.4. The van der Waals surface area contributed by atoms with Crippen LogP contribution < -0.4 is 4.74 Å². The van der Waals surface area contributed by atoms with Crippen LogP contribution in [-0.2, 0) is 17.8 Å². The van der Waals surface area contributed by atoms with Crippen molar-refractivity contribution in [1.29, 1.82) is 0 Å². The highest BCUT2D eigenvalue weighted by Crippen LogP contribution is 2.26. The molecule has 0 saturated carbocycles. The quantitative estimate of drug-likeness (QED) is 0.679. The molecule has 0 radical (unpaired) electrons. The summed E-state index contributed by atoms with van der Waals surface area (Å²) in [6, 6.07) is 16.9. The third-order valence-electron chi connectivity index (χ3n) is 5.07. The minimum Gasteiger partial charge on any atom is -0.487 e. The van der Waals surface area contributed by atoms with Gasteiger partial charge in [-0.15, -0.1) is 0 Å².